The zero-order valence-corrected chi connectivity index (χ0v) is 17.2. The average molecular weight is 421 g/mol. The van der Waals surface area contributed by atoms with Gasteiger partial charge in [-0.25, -0.2) is 0 Å². The Balaban J connectivity index is 1.54. The molecule has 26 heavy (non-hydrogen) atoms. The summed E-state index contributed by atoms with van der Waals surface area (Å²) < 4.78 is 6.78. The number of ether oxygens (including phenoxy) is 1. The lowest BCUT2D eigenvalue weighted by Gasteiger charge is -2.48. The molecular weight excluding hydrogens is 392 g/mol. The van der Waals surface area contributed by atoms with Crippen LogP contribution in [0.2, 0.25) is 0 Å². The average Bonchev–Trinajstić information content (AvgIpc) is 3.34. The Morgan fingerprint density at radius 2 is 1.96 bits per heavy atom. The molecule has 1 amide bonds. The van der Waals surface area contributed by atoms with Crippen molar-refractivity contribution >= 4 is 21.8 Å². The van der Waals surface area contributed by atoms with Crippen LogP contribution in [0.4, 0.5) is 0 Å². The zero-order valence-electron chi connectivity index (χ0n) is 15.6. The molecular formula is C21H29BrN2O2. The number of carbonyl (C=O) groups excluding carboxylic acids is 1. The van der Waals surface area contributed by atoms with Crippen LogP contribution in [0.5, 0.6) is 0 Å². The molecule has 4 nitrogen and oxygen atoms in total. The molecule has 1 aromatic carbocycles. The molecule has 0 bridgehead atoms. The molecule has 3 atom stereocenters. The minimum atomic E-state index is 0.144. The van der Waals surface area contributed by atoms with Gasteiger partial charge >= 0.3 is 0 Å². The van der Waals surface area contributed by atoms with Gasteiger partial charge < -0.3 is 9.64 Å². The number of benzene rings is 1. The Morgan fingerprint density at radius 3 is 2.62 bits per heavy atom. The number of rotatable bonds is 3. The van der Waals surface area contributed by atoms with Gasteiger partial charge in [0, 0.05) is 35.8 Å². The van der Waals surface area contributed by atoms with Gasteiger partial charge in [0.2, 0.25) is 0 Å². The summed E-state index contributed by atoms with van der Waals surface area (Å²) in [5, 5.41) is 0. The van der Waals surface area contributed by atoms with E-state index in [1.54, 1.807) is 0 Å². The highest BCUT2D eigenvalue weighted by molar-refractivity contribution is 9.10. The summed E-state index contributed by atoms with van der Waals surface area (Å²) in [6.45, 7) is 4.18. The van der Waals surface area contributed by atoms with E-state index in [2.05, 4.69) is 20.8 Å². The quantitative estimate of drug-likeness (QED) is 0.741. The van der Waals surface area contributed by atoms with Gasteiger partial charge in [-0.1, -0.05) is 15.9 Å². The molecule has 1 aliphatic carbocycles. The fourth-order valence-electron chi connectivity index (χ4n) is 5.18. The fourth-order valence-corrected chi connectivity index (χ4v) is 5.44. The van der Waals surface area contributed by atoms with E-state index in [9.17, 15) is 4.79 Å². The van der Waals surface area contributed by atoms with E-state index < -0.39 is 0 Å². The SMILES string of the molecule is CN(C(=O)c1ccc(Br)cc1)C1CCC2(CCOC2)CC1N1CCCC1. The van der Waals surface area contributed by atoms with Crippen LogP contribution in [0.25, 0.3) is 0 Å². The van der Waals surface area contributed by atoms with Crippen LogP contribution < -0.4 is 0 Å². The van der Waals surface area contributed by atoms with Gasteiger partial charge in [0.1, 0.15) is 0 Å². The first-order valence-corrected chi connectivity index (χ1v) is 10.7. The largest absolute Gasteiger partial charge is 0.381 e. The second-order valence-corrected chi connectivity index (χ2v) is 9.26. The lowest BCUT2D eigenvalue weighted by molar-refractivity contribution is 0.0105. The van der Waals surface area contributed by atoms with E-state index in [0.717, 1.165) is 29.7 Å². The number of amides is 1. The number of hydrogen-bond acceptors (Lipinski definition) is 3. The highest BCUT2D eigenvalue weighted by Gasteiger charge is 2.47. The summed E-state index contributed by atoms with van der Waals surface area (Å²) >= 11 is 3.45. The number of nitrogens with zero attached hydrogens (tertiary/aromatic N) is 2. The first-order valence-electron chi connectivity index (χ1n) is 9.93. The summed E-state index contributed by atoms with van der Waals surface area (Å²) in [5.41, 5.74) is 1.13. The Labute approximate surface area is 165 Å². The van der Waals surface area contributed by atoms with E-state index in [1.807, 2.05) is 36.2 Å². The summed E-state index contributed by atoms with van der Waals surface area (Å²) in [5.74, 6) is 0.144. The second-order valence-electron chi connectivity index (χ2n) is 8.35. The fraction of sp³-hybridized carbons (Fsp3) is 0.667. The van der Waals surface area contributed by atoms with Crippen LogP contribution >= 0.6 is 15.9 Å². The number of carbonyl (C=O) groups is 1. The van der Waals surface area contributed by atoms with Crippen molar-refractivity contribution in [3.63, 3.8) is 0 Å². The molecule has 3 aliphatic rings. The Morgan fingerprint density at radius 1 is 1.23 bits per heavy atom. The number of halogens is 1. The zero-order chi connectivity index (χ0) is 18.1. The lowest BCUT2D eigenvalue weighted by Crippen LogP contribution is -2.56. The highest BCUT2D eigenvalue weighted by atomic mass is 79.9. The number of likely N-dealkylation sites (tertiary alicyclic amines) is 1. The van der Waals surface area contributed by atoms with Crippen molar-refractivity contribution in [1.82, 2.24) is 9.80 Å². The van der Waals surface area contributed by atoms with Crippen molar-refractivity contribution in [2.45, 2.75) is 50.6 Å². The third-order valence-electron chi connectivity index (χ3n) is 6.76. The minimum absolute atomic E-state index is 0.144. The van der Waals surface area contributed by atoms with Gasteiger partial charge in [0.05, 0.1) is 6.61 Å². The van der Waals surface area contributed by atoms with Gasteiger partial charge in [-0.2, -0.15) is 0 Å². The van der Waals surface area contributed by atoms with Crippen molar-refractivity contribution < 1.29 is 9.53 Å². The highest BCUT2D eigenvalue weighted by Crippen LogP contribution is 2.46. The first-order chi connectivity index (χ1) is 12.6. The van der Waals surface area contributed by atoms with Gasteiger partial charge in [-0.3, -0.25) is 9.69 Å². The molecule has 1 spiro atoms. The predicted molar refractivity (Wildman–Crippen MR) is 106 cm³/mol. The first kappa shape index (κ1) is 18.5. The molecule has 4 rings (SSSR count). The minimum Gasteiger partial charge on any atom is -0.381 e. The standard InChI is InChI=1S/C21H29BrN2O2/c1-23(20(25)16-4-6-17(22)7-5-16)18-8-9-21(10-13-26-15-21)14-19(18)24-11-2-3-12-24/h4-7,18-19H,2-3,8-15H2,1H3. The van der Waals surface area contributed by atoms with E-state index >= 15 is 0 Å². The van der Waals surface area contributed by atoms with Crippen LogP contribution in [0, 0.1) is 5.41 Å². The van der Waals surface area contributed by atoms with Crippen LogP contribution in [0.3, 0.4) is 0 Å². The molecule has 1 saturated carbocycles. The summed E-state index contributed by atoms with van der Waals surface area (Å²) in [4.78, 5) is 17.8. The normalized spacial score (nSPS) is 32.2. The molecule has 2 saturated heterocycles. The third kappa shape index (κ3) is 3.58. The molecule has 0 aromatic heterocycles. The van der Waals surface area contributed by atoms with E-state index in [1.165, 1.54) is 45.2 Å². The van der Waals surface area contributed by atoms with E-state index in [0.29, 0.717) is 17.5 Å². The maximum absolute atomic E-state index is 13.1. The smallest absolute Gasteiger partial charge is 0.253 e. The Bertz CT molecular complexity index is 636. The Kier molecular flexibility index (Phi) is 5.40. The number of hydrogen-bond donors (Lipinski definition) is 0. The molecule has 142 valence electrons. The molecule has 1 aromatic rings. The summed E-state index contributed by atoms with van der Waals surface area (Å²) in [6.07, 6.45) is 7.21. The van der Waals surface area contributed by atoms with E-state index in [4.69, 9.17) is 4.74 Å². The van der Waals surface area contributed by atoms with Crippen LogP contribution in [-0.2, 0) is 4.74 Å². The molecule has 3 unspecified atom stereocenters. The van der Waals surface area contributed by atoms with Crippen molar-refractivity contribution in [2.24, 2.45) is 5.41 Å². The van der Waals surface area contributed by atoms with Crippen molar-refractivity contribution in [2.75, 3.05) is 33.4 Å². The van der Waals surface area contributed by atoms with Gasteiger partial charge in [-0.05, 0) is 81.3 Å². The van der Waals surface area contributed by atoms with Crippen LogP contribution in [0.1, 0.15) is 48.9 Å². The van der Waals surface area contributed by atoms with Crippen molar-refractivity contribution in [1.29, 1.82) is 0 Å². The van der Waals surface area contributed by atoms with Crippen LogP contribution in [0.15, 0.2) is 28.7 Å². The monoisotopic (exact) mass is 420 g/mol. The summed E-state index contributed by atoms with van der Waals surface area (Å²) in [6, 6.07) is 8.51. The van der Waals surface area contributed by atoms with Gasteiger partial charge in [0.25, 0.3) is 5.91 Å². The number of likely N-dealkylation sites (N-methyl/N-ethyl adjacent to an activating group) is 1. The van der Waals surface area contributed by atoms with Gasteiger partial charge in [-0.15, -0.1) is 0 Å². The topological polar surface area (TPSA) is 32.8 Å². The molecule has 3 fully saturated rings. The molecule has 2 heterocycles. The second kappa shape index (κ2) is 7.61. The third-order valence-corrected chi connectivity index (χ3v) is 7.29. The predicted octanol–water partition coefficient (Wildman–Crippen LogP) is 3.94. The summed E-state index contributed by atoms with van der Waals surface area (Å²) in [7, 11) is 2.00. The van der Waals surface area contributed by atoms with E-state index in [-0.39, 0.29) is 5.91 Å². The van der Waals surface area contributed by atoms with Crippen molar-refractivity contribution in [3.8, 4) is 0 Å². The maximum atomic E-state index is 13.1. The van der Waals surface area contributed by atoms with Gasteiger partial charge in [0.15, 0.2) is 0 Å². The Hall–Kier alpha value is -0.910. The lowest BCUT2D eigenvalue weighted by atomic mass is 9.69. The maximum Gasteiger partial charge on any atom is 0.253 e. The molecule has 0 N–H and O–H groups in total. The van der Waals surface area contributed by atoms with Crippen LogP contribution in [-0.4, -0.2) is 61.1 Å². The molecule has 2 aliphatic heterocycles. The molecule has 0 radical (unpaired) electrons. The molecule has 5 heteroatoms. The van der Waals surface area contributed by atoms with Crippen molar-refractivity contribution in [3.05, 3.63) is 34.3 Å².